The van der Waals surface area contributed by atoms with E-state index in [4.69, 9.17) is 5.11 Å². The third kappa shape index (κ3) is 3.48. The van der Waals surface area contributed by atoms with Crippen LogP contribution in [0.25, 0.3) is 0 Å². The Labute approximate surface area is 127 Å². The molecule has 0 bridgehead atoms. The minimum atomic E-state index is -3.60. The highest BCUT2D eigenvalue weighted by atomic mass is 32.2. The van der Waals surface area contributed by atoms with Crippen LogP contribution in [-0.4, -0.2) is 24.5 Å². The van der Waals surface area contributed by atoms with Crippen LogP contribution >= 0.6 is 11.3 Å². The zero-order chi connectivity index (χ0) is 15.6. The lowest BCUT2D eigenvalue weighted by molar-refractivity contribution is 0.0696. The van der Waals surface area contributed by atoms with Gasteiger partial charge in [0.25, 0.3) is 0 Å². The molecule has 1 N–H and O–H groups in total. The van der Waals surface area contributed by atoms with Gasteiger partial charge >= 0.3 is 5.97 Å². The van der Waals surface area contributed by atoms with Crippen molar-refractivity contribution >= 4 is 27.1 Å². The SMILES string of the molecule is CCc1nc(CS(=O)(=O)c2ccc(C)c(C(=O)O)c2)cs1. The van der Waals surface area contributed by atoms with Crippen LogP contribution in [-0.2, 0) is 22.0 Å². The Balaban J connectivity index is 2.35. The summed E-state index contributed by atoms with van der Waals surface area (Å²) in [7, 11) is -3.60. The standard InChI is InChI=1S/C14H15NO4S2/c1-3-13-15-10(7-20-13)8-21(18,19)11-5-4-9(2)12(6-11)14(16)17/h4-7H,3,8H2,1-2H3,(H,16,17). The summed E-state index contributed by atoms with van der Waals surface area (Å²) >= 11 is 1.43. The van der Waals surface area contributed by atoms with Gasteiger partial charge in [-0.15, -0.1) is 11.3 Å². The fraction of sp³-hybridized carbons (Fsp3) is 0.286. The molecule has 7 heteroatoms. The molecule has 112 valence electrons. The van der Waals surface area contributed by atoms with E-state index in [-0.39, 0.29) is 16.2 Å². The van der Waals surface area contributed by atoms with Crippen molar-refractivity contribution in [2.45, 2.75) is 30.9 Å². The lowest BCUT2D eigenvalue weighted by atomic mass is 10.1. The second-order valence-corrected chi connectivity index (χ2v) is 7.56. The molecule has 0 aliphatic carbocycles. The number of aromatic carboxylic acids is 1. The third-order valence-corrected chi connectivity index (χ3v) is 5.73. The van der Waals surface area contributed by atoms with Gasteiger partial charge in [-0.1, -0.05) is 13.0 Å². The van der Waals surface area contributed by atoms with Crippen molar-refractivity contribution in [2.75, 3.05) is 0 Å². The zero-order valence-electron chi connectivity index (χ0n) is 11.7. The predicted octanol–water partition coefficient (Wildman–Crippen LogP) is 2.69. The number of aromatic nitrogens is 1. The molecule has 0 aliphatic heterocycles. The number of thiazole rings is 1. The molecule has 2 aromatic rings. The molecule has 0 spiro atoms. The first kappa shape index (κ1) is 15.7. The Morgan fingerprint density at radius 3 is 2.67 bits per heavy atom. The molecule has 0 atom stereocenters. The van der Waals surface area contributed by atoms with Gasteiger partial charge in [0.05, 0.1) is 26.9 Å². The second-order valence-electron chi connectivity index (χ2n) is 4.63. The Morgan fingerprint density at radius 2 is 2.10 bits per heavy atom. The van der Waals surface area contributed by atoms with Crippen molar-refractivity contribution < 1.29 is 18.3 Å². The van der Waals surface area contributed by atoms with E-state index in [9.17, 15) is 13.2 Å². The molecule has 1 heterocycles. The molecule has 1 aromatic heterocycles. The van der Waals surface area contributed by atoms with Crippen LogP contribution in [0.3, 0.4) is 0 Å². The summed E-state index contributed by atoms with van der Waals surface area (Å²) in [5, 5.41) is 11.7. The molecular formula is C14H15NO4S2. The molecule has 0 aliphatic rings. The first-order chi connectivity index (χ1) is 9.83. The summed E-state index contributed by atoms with van der Waals surface area (Å²) in [4.78, 5) is 15.3. The average Bonchev–Trinajstić information content (AvgIpc) is 2.85. The van der Waals surface area contributed by atoms with Crippen LogP contribution in [0.1, 0.15) is 33.5 Å². The Kier molecular flexibility index (Phi) is 4.43. The number of sulfone groups is 1. The lowest BCUT2D eigenvalue weighted by Gasteiger charge is -2.06. The summed E-state index contributed by atoms with van der Waals surface area (Å²) in [6, 6.07) is 4.15. The Bertz CT molecular complexity index is 778. The van der Waals surface area contributed by atoms with Gasteiger partial charge in [-0.3, -0.25) is 0 Å². The lowest BCUT2D eigenvalue weighted by Crippen LogP contribution is -2.08. The van der Waals surface area contributed by atoms with Crippen LogP contribution in [0.2, 0.25) is 0 Å². The summed E-state index contributed by atoms with van der Waals surface area (Å²) < 4.78 is 24.7. The van der Waals surface area contributed by atoms with E-state index in [1.165, 1.54) is 29.5 Å². The maximum atomic E-state index is 12.4. The summed E-state index contributed by atoms with van der Waals surface area (Å²) in [6.07, 6.45) is 0.762. The van der Waals surface area contributed by atoms with E-state index in [0.717, 1.165) is 11.4 Å². The number of carbonyl (C=O) groups is 1. The molecule has 0 radical (unpaired) electrons. The van der Waals surface area contributed by atoms with E-state index in [1.54, 1.807) is 12.3 Å². The summed E-state index contributed by atoms with van der Waals surface area (Å²) in [5.41, 5.74) is 1.03. The highest BCUT2D eigenvalue weighted by molar-refractivity contribution is 7.90. The molecule has 1 aromatic carbocycles. The van der Waals surface area contributed by atoms with Crippen LogP contribution in [0, 0.1) is 6.92 Å². The van der Waals surface area contributed by atoms with Gasteiger partial charge in [0, 0.05) is 5.38 Å². The van der Waals surface area contributed by atoms with E-state index < -0.39 is 15.8 Å². The number of benzene rings is 1. The second kappa shape index (κ2) is 5.95. The van der Waals surface area contributed by atoms with Gasteiger partial charge in [-0.25, -0.2) is 18.2 Å². The largest absolute Gasteiger partial charge is 0.478 e. The van der Waals surface area contributed by atoms with Gasteiger partial charge in [0.15, 0.2) is 9.84 Å². The molecule has 0 saturated heterocycles. The summed E-state index contributed by atoms with van der Waals surface area (Å²) in [6.45, 7) is 3.59. The van der Waals surface area contributed by atoms with Gasteiger partial charge in [-0.2, -0.15) is 0 Å². The third-order valence-electron chi connectivity index (χ3n) is 3.04. The summed E-state index contributed by atoms with van der Waals surface area (Å²) in [5.74, 6) is -1.35. The van der Waals surface area contributed by atoms with Crippen LogP contribution < -0.4 is 0 Å². The molecule has 21 heavy (non-hydrogen) atoms. The maximum absolute atomic E-state index is 12.4. The minimum Gasteiger partial charge on any atom is -0.478 e. The zero-order valence-corrected chi connectivity index (χ0v) is 13.3. The minimum absolute atomic E-state index is 0.00333. The molecule has 0 unspecified atom stereocenters. The number of hydrogen-bond donors (Lipinski definition) is 1. The Hall–Kier alpha value is -1.73. The van der Waals surface area contributed by atoms with Crippen molar-refractivity contribution in [2.24, 2.45) is 0 Å². The molecule has 5 nitrogen and oxygen atoms in total. The normalized spacial score (nSPS) is 11.5. The van der Waals surface area contributed by atoms with Gasteiger partial charge in [0.1, 0.15) is 0 Å². The predicted molar refractivity (Wildman–Crippen MR) is 80.5 cm³/mol. The van der Waals surface area contributed by atoms with Crippen molar-refractivity contribution in [1.29, 1.82) is 0 Å². The van der Waals surface area contributed by atoms with Gasteiger partial charge in [0.2, 0.25) is 0 Å². The van der Waals surface area contributed by atoms with Gasteiger partial charge in [-0.05, 0) is 31.0 Å². The number of hydrogen-bond acceptors (Lipinski definition) is 5. The average molecular weight is 325 g/mol. The highest BCUT2D eigenvalue weighted by Crippen LogP contribution is 2.21. The molecule has 2 rings (SSSR count). The fourth-order valence-electron chi connectivity index (χ4n) is 1.88. The van der Waals surface area contributed by atoms with E-state index in [0.29, 0.717) is 11.3 Å². The topological polar surface area (TPSA) is 84.3 Å². The number of rotatable bonds is 5. The van der Waals surface area contributed by atoms with E-state index >= 15 is 0 Å². The molecule has 0 fully saturated rings. The van der Waals surface area contributed by atoms with Gasteiger partial charge < -0.3 is 5.11 Å². The van der Waals surface area contributed by atoms with E-state index in [1.807, 2.05) is 6.92 Å². The van der Waals surface area contributed by atoms with Crippen molar-refractivity contribution in [3.05, 3.63) is 45.4 Å². The maximum Gasteiger partial charge on any atom is 0.335 e. The first-order valence-corrected chi connectivity index (χ1v) is 8.86. The quantitative estimate of drug-likeness (QED) is 0.913. The number of carboxylic acids is 1. The highest BCUT2D eigenvalue weighted by Gasteiger charge is 2.19. The van der Waals surface area contributed by atoms with Crippen molar-refractivity contribution in [3.63, 3.8) is 0 Å². The monoisotopic (exact) mass is 325 g/mol. The fourth-order valence-corrected chi connectivity index (χ4v) is 4.01. The van der Waals surface area contributed by atoms with Crippen molar-refractivity contribution in [3.8, 4) is 0 Å². The Morgan fingerprint density at radius 1 is 1.38 bits per heavy atom. The molecular weight excluding hydrogens is 310 g/mol. The first-order valence-electron chi connectivity index (χ1n) is 6.33. The van der Waals surface area contributed by atoms with Crippen molar-refractivity contribution in [1.82, 2.24) is 4.98 Å². The van der Waals surface area contributed by atoms with Crippen LogP contribution in [0.5, 0.6) is 0 Å². The number of nitrogens with zero attached hydrogens (tertiary/aromatic N) is 1. The molecule has 0 saturated carbocycles. The smallest absolute Gasteiger partial charge is 0.335 e. The molecule has 0 amide bonds. The number of aryl methyl sites for hydroxylation is 2. The number of carboxylic acid groups (broad SMARTS) is 1. The van der Waals surface area contributed by atoms with Crippen LogP contribution in [0.4, 0.5) is 0 Å². The van der Waals surface area contributed by atoms with E-state index in [2.05, 4.69) is 4.98 Å². The van der Waals surface area contributed by atoms with Crippen LogP contribution in [0.15, 0.2) is 28.5 Å².